The lowest BCUT2D eigenvalue weighted by molar-refractivity contribution is 0.0909. The highest BCUT2D eigenvalue weighted by Crippen LogP contribution is 2.21. The van der Waals surface area contributed by atoms with Gasteiger partial charge in [-0.2, -0.15) is 5.10 Å². The van der Waals surface area contributed by atoms with Gasteiger partial charge >= 0.3 is 0 Å². The second-order valence-electron chi connectivity index (χ2n) is 5.05. The van der Waals surface area contributed by atoms with Crippen LogP contribution in [0.4, 0.5) is 0 Å². The van der Waals surface area contributed by atoms with E-state index in [1.165, 1.54) is 0 Å². The first-order valence-electron chi connectivity index (χ1n) is 6.56. The van der Waals surface area contributed by atoms with Crippen LogP contribution in [0.3, 0.4) is 0 Å². The minimum absolute atomic E-state index is 0.138. The molecule has 20 heavy (non-hydrogen) atoms. The molecule has 0 saturated heterocycles. The normalized spacial score (nSPS) is 12.5. The molecule has 0 fully saturated rings. The lowest BCUT2D eigenvalue weighted by atomic mass is 10.1. The van der Waals surface area contributed by atoms with Gasteiger partial charge < -0.3 is 9.73 Å². The molecule has 6 heteroatoms. The number of oxazole rings is 1. The second kappa shape index (κ2) is 5.11. The highest BCUT2D eigenvalue weighted by molar-refractivity contribution is 5.92. The Morgan fingerprint density at radius 2 is 1.90 bits per heavy atom. The van der Waals surface area contributed by atoms with Gasteiger partial charge in [0.1, 0.15) is 0 Å². The van der Waals surface area contributed by atoms with Crippen molar-refractivity contribution in [3.63, 3.8) is 0 Å². The summed E-state index contributed by atoms with van der Waals surface area (Å²) in [7, 11) is 1.89. The number of hydrogen-bond donors (Lipinski definition) is 1. The monoisotopic (exact) mass is 276 g/mol. The number of hydrogen-bond acceptors (Lipinski definition) is 4. The zero-order chi connectivity index (χ0) is 15.0. The van der Waals surface area contributed by atoms with E-state index in [2.05, 4.69) is 15.4 Å². The van der Waals surface area contributed by atoms with Crippen LogP contribution in [-0.2, 0) is 7.05 Å². The van der Waals surface area contributed by atoms with Gasteiger partial charge in [0.05, 0.1) is 17.4 Å². The average molecular weight is 276 g/mol. The van der Waals surface area contributed by atoms with Crippen molar-refractivity contribution in [2.75, 3.05) is 0 Å². The molecule has 0 unspecified atom stereocenters. The molecule has 0 aliphatic carbocycles. The molecule has 2 aromatic rings. The van der Waals surface area contributed by atoms with E-state index in [0.717, 1.165) is 17.0 Å². The van der Waals surface area contributed by atoms with Gasteiger partial charge in [-0.25, -0.2) is 4.98 Å². The molecule has 0 aliphatic heterocycles. The van der Waals surface area contributed by atoms with E-state index in [-0.39, 0.29) is 17.7 Å². The van der Waals surface area contributed by atoms with Gasteiger partial charge in [-0.3, -0.25) is 9.48 Å². The second-order valence-corrected chi connectivity index (χ2v) is 5.05. The minimum atomic E-state index is -0.252. The van der Waals surface area contributed by atoms with Gasteiger partial charge in [0.25, 0.3) is 5.91 Å². The Kier molecular flexibility index (Phi) is 3.65. The summed E-state index contributed by atoms with van der Waals surface area (Å²) in [6.45, 7) is 9.35. The Morgan fingerprint density at radius 1 is 1.25 bits per heavy atom. The number of rotatable bonds is 3. The van der Waals surface area contributed by atoms with E-state index < -0.39 is 0 Å². The Morgan fingerprint density at radius 3 is 2.35 bits per heavy atom. The highest BCUT2D eigenvalue weighted by Gasteiger charge is 2.22. The molecular weight excluding hydrogens is 256 g/mol. The van der Waals surface area contributed by atoms with Crippen LogP contribution in [0.5, 0.6) is 0 Å². The number of carbonyl (C=O) groups excluding carboxylic acids is 1. The number of nitrogens with zero attached hydrogens (tertiary/aromatic N) is 3. The fourth-order valence-corrected chi connectivity index (χ4v) is 2.49. The molecule has 1 N–H and O–H groups in total. The maximum Gasteiger partial charge on any atom is 0.289 e. The summed E-state index contributed by atoms with van der Waals surface area (Å²) >= 11 is 0. The predicted molar refractivity (Wildman–Crippen MR) is 74.5 cm³/mol. The van der Waals surface area contributed by atoms with Crippen molar-refractivity contribution in [3.05, 3.63) is 34.3 Å². The molecule has 6 nitrogen and oxygen atoms in total. The van der Waals surface area contributed by atoms with Crippen LogP contribution in [-0.4, -0.2) is 20.7 Å². The van der Waals surface area contributed by atoms with E-state index in [1.54, 1.807) is 13.8 Å². The van der Waals surface area contributed by atoms with Gasteiger partial charge in [-0.1, -0.05) is 0 Å². The van der Waals surface area contributed by atoms with Crippen molar-refractivity contribution in [1.82, 2.24) is 20.1 Å². The molecule has 1 amide bonds. The zero-order valence-corrected chi connectivity index (χ0v) is 12.7. The quantitative estimate of drug-likeness (QED) is 0.932. The zero-order valence-electron chi connectivity index (χ0n) is 12.7. The Balaban J connectivity index is 2.21. The van der Waals surface area contributed by atoms with Crippen LogP contribution in [0.25, 0.3) is 0 Å². The topological polar surface area (TPSA) is 73.0 Å². The van der Waals surface area contributed by atoms with Gasteiger partial charge in [-0.15, -0.1) is 0 Å². The van der Waals surface area contributed by atoms with Gasteiger partial charge in [0.15, 0.2) is 5.89 Å². The Bertz CT molecular complexity index is 654. The molecule has 0 aromatic carbocycles. The molecule has 0 bridgehead atoms. The lowest BCUT2D eigenvalue weighted by Crippen LogP contribution is -2.27. The fourth-order valence-electron chi connectivity index (χ4n) is 2.49. The number of nitrogens with one attached hydrogen (secondary N) is 1. The van der Waals surface area contributed by atoms with Crippen LogP contribution in [0.2, 0.25) is 0 Å². The lowest BCUT2D eigenvalue weighted by Gasteiger charge is -2.14. The molecule has 0 saturated carbocycles. The van der Waals surface area contributed by atoms with Crippen molar-refractivity contribution < 1.29 is 9.21 Å². The maximum atomic E-state index is 12.2. The first kappa shape index (κ1) is 14.3. The van der Waals surface area contributed by atoms with E-state index in [0.29, 0.717) is 11.6 Å². The third-order valence-corrected chi connectivity index (χ3v) is 3.46. The first-order valence-corrected chi connectivity index (χ1v) is 6.56. The predicted octanol–water partition coefficient (Wildman–Crippen LogP) is 2.13. The Hall–Kier alpha value is -2.11. The van der Waals surface area contributed by atoms with Crippen LogP contribution in [0, 0.1) is 27.7 Å². The summed E-state index contributed by atoms with van der Waals surface area (Å²) < 4.78 is 7.15. The smallest absolute Gasteiger partial charge is 0.289 e. The van der Waals surface area contributed by atoms with Gasteiger partial charge in [0, 0.05) is 25.2 Å². The molecule has 2 aromatic heterocycles. The molecule has 0 spiro atoms. The van der Waals surface area contributed by atoms with E-state index in [4.69, 9.17) is 4.42 Å². The third kappa shape index (κ3) is 2.45. The highest BCUT2D eigenvalue weighted by atomic mass is 16.4. The van der Waals surface area contributed by atoms with Gasteiger partial charge in [-0.05, 0) is 27.7 Å². The van der Waals surface area contributed by atoms with Crippen LogP contribution >= 0.6 is 0 Å². The number of aromatic nitrogens is 3. The molecule has 2 heterocycles. The SMILES string of the molecule is Cc1nc(C)c(C(=O)N[C@H](C)c2c(C)nn(C)c2C)o1. The van der Waals surface area contributed by atoms with E-state index >= 15 is 0 Å². The summed E-state index contributed by atoms with van der Waals surface area (Å²) in [5.74, 6) is 0.515. The average Bonchev–Trinajstić information content (AvgIpc) is 2.79. The van der Waals surface area contributed by atoms with Crippen molar-refractivity contribution in [3.8, 4) is 0 Å². The van der Waals surface area contributed by atoms with Crippen LogP contribution in [0.1, 0.15) is 52.1 Å². The largest absolute Gasteiger partial charge is 0.436 e. The van der Waals surface area contributed by atoms with Crippen molar-refractivity contribution in [1.29, 1.82) is 0 Å². The molecule has 2 rings (SSSR count). The third-order valence-electron chi connectivity index (χ3n) is 3.46. The molecule has 1 atom stereocenters. The Labute approximate surface area is 118 Å². The molecule has 108 valence electrons. The summed E-state index contributed by atoms with van der Waals surface area (Å²) in [5.41, 5.74) is 3.60. The fraction of sp³-hybridized carbons (Fsp3) is 0.500. The summed E-state index contributed by atoms with van der Waals surface area (Å²) in [4.78, 5) is 16.3. The van der Waals surface area contributed by atoms with Gasteiger partial charge in [0.2, 0.25) is 5.76 Å². The van der Waals surface area contributed by atoms with E-state index in [9.17, 15) is 4.79 Å². The molecule has 0 aliphatic rings. The molecule has 0 radical (unpaired) electrons. The van der Waals surface area contributed by atoms with Crippen LogP contribution in [0.15, 0.2) is 4.42 Å². The van der Waals surface area contributed by atoms with Crippen LogP contribution < -0.4 is 5.32 Å². The van der Waals surface area contributed by atoms with Crippen molar-refractivity contribution >= 4 is 5.91 Å². The minimum Gasteiger partial charge on any atom is -0.436 e. The van der Waals surface area contributed by atoms with E-state index in [1.807, 2.05) is 32.5 Å². The standard InChI is InChI=1S/C14H20N4O2/c1-7(12-8(2)17-18(6)10(12)4)16-14(19)13-9(3)15-11(5)20-13/h7H,1-6H3,(H,16,19)/t7-/m1/s1. The number of carbonyl (C=O) groups is 1. The molecular formula is C14H20N4O2. The summed E-state index contributed by atoms with van der Waals surface area (Å²) in [6.07, 6.45) is 0. The summed E-state index contributed by atoms with van der Waals surface area (Å²) in [5, 5.41) is 7.30. The number of aryl methyl sites for hydroxylation is 4. The van der Waals surface area contributed by atoms with Crippen molar-refractivity contribution in [2.45, 2.75) is 40.7 Å². The maximum absolute atomic E-state index is 12.2. The summed E-state index contributed by atoms with van der Waals surface area (Å²) in [6, 6.07) is -0.138. The first-order chi connectivity index (χ1) is 9.31. The number of amides is 1. The van der Waals surface area contributed by atoms with Crippen molar-refractivity contribution in [2.24, 2.45) is 7.05 Å².